The van der Waals surface area contributed by atoms with Crippen molar-refractivity contribution in [2.45, 2.75) is 32.7 Å². The van der Waals surface area contributed by atoms with Crippen molar-refractivity contribution in [3.05, 3.63) is 57.6 Å². The second kappa shape index (κ2) is 7.85. The van der Waals surface area contributed by atoms with Gasteiger partial charge in [0.1, 0.15) is 9.71 Å². The molecule has 0 aliphatic heterocycles. The molecule has 1 amide bonds. The Morgan fingerprint density at radius 3 is 2.84 bits per heavy atom. The fourth-order valence-corrected chi connectivity index (χ4v) is 3.83. The van der Waals surface area contributed by atoms with E-state index >= 15 is 0 Å². The SMILES string of the molecule is CCCCc1ccc2c(N)c(C(=O)NCc3ccccc3Cl)sc2n1. The first-order valence-electron chi connectivity index (χ1n) is 8.29. The summed E-state index contributed by atoms with van der Waals surface area (Å²) < 4.78 is 0. The van der Waals surface area contributed by atoms with E-state index in [0.29, 0.717) is 22.1 Å². The number of fused-ring (bicyclic) bond motifs is 1. The van der Waals surface area contributed by atoms with Crippen molar-refractivity contribution in [3.8, 4) is 0 Å². The first-order valence-corrected chi connectivity index (χ1v) is 9.49. The molecule has 6 heteroatoms. The molecule has 0 aliphatic rings. The molecule has 3 aromatic rings. The van der Waals surface area contributed by atoms with E-state index in [1.165, 1.54) is 11.3 Å². The average molecular weight is 374 g/mol. The first kappa shape index (κ1) is 17.7. The minimum atomic E-state index is -0.199. The van der Waals surface area contributed by atoms with Gasteiger partial charge in [-0.3, -0.25) is 4.79 Å². The largest absolute Gasteiger partial charge is 0.397 e. The lowest BCUT2D eigenvalue weighted by molar-refractivity contribution is 0.0956. The van der Waals surface area contributed by atoms with Gasteiger partial charge in [-0.05, 0) is 36.6 Å². The Hall–Kier alpha value is -2.11. The van der Waals surface area contributed by atoms with Crippen molar-refractivity contribution in [2.24, 2.45) is 0 Å². The molecule has 0 saturated heterocycles. The molecule has 0 radical (unpaired) electrons. The van der Waals surface area contributed by atoms with Gasteiger partial charge in [-0.15, -0.1) is 11.3 Å². The number of nitrogens with one attached hydrogen (secondary N) is 1. The van der Waals surface area contributed by atoms with Crippen LogP contribution in [-0.2, 0) is 13.0 Å². The molecule has 0 unspecified atom stereocenters. The Balaban J connectivity index is 1.79. The number of carbonyl (C=O) groups excluding carboxylic acids is 1. The van der Waals surface area contributed by atoms with Crippen LogP contribution in [-0.4, -0.2) is 10.9 Å². The number of rotatable bonds is 6. The number of thiophene rings is 1. The van der Waals surface area contributed by atoms with Gasteiger partial charge in [-0.1, -0.05) is 43.1 Å². The van der Waals surface area contributed by atoms with Crippen molar-refractivity contribution in [1.29, 1.82) is 0 Å². The Labute approximate surface area is 156 Å². The third-order valence-corrected chi connectivity index (χ3v) is 5.52. The van der Waals surface area contributed by atoms with Gasteiger partial charge in [0.2, 0.25) is 0 Å². The second-order valence-electron chi connectivity index (χ2n) is 5.88. The summed E-state index contributed by atoms with van der Waals surface area (Å²) in [5.74, 6) is -0.199. The zero-order chi connectivity index (χ0) is 17.8. The number of nitrogen functional groups attached to an aromatic ring is 1. The van der Waals surface area contributed by atoms with E-state index in [1.807, 2.05) is 30.3 Å². The zero-order valence-corrected chi connectivity index (χ0v) is 15.6. The molecule has 0 saturated carbocycles. The van der Waals surface area contributed by atoms with E-state index in [4.69, 9.17) is 17.3 Å². The van der Waals surface area contributed by atoms with Crippen LogP contribution in [0.25, 0.3) is 10.2 Å². The van der Waals surface area contributed by atoms with Crippen LogP contribution < -0.4 is 11.1 Å². The summed E-state index contributed by atoms with van der Waals surface area (Å²) in [5, 5.41) is 4.36. The highest BCUT2D eigenvalue weighted by Crippen LogP contribution is 2.32. The third-order valence-electron chi connectivity index (χ3n) is 4.04. The van der Waals surface area contributed by atoms with Crippen LogP contribution in [0.4, 0.5) is 5.69 Å². The number of nitrogens with zero attached hydrogens (tertiary/aromatic N) is 1. The lowest BCUT2D eigenvalue weighted by atomic mass is 10.1. The van der Waals surface area contributed by atoms with Gasteiger partial charge in [-0.2, -0.15) is 0 Å². The Morgan fingerprint density at radius 2 is 2.08 bits per heavy atom. The fraction of sp³-hybridized carbons (Fsp3) is 0.263. The van der Waals surface area contributed by atoms with Crippen LogP contribution in [0, 0.1) is 0 Å². The molecule has 0 spiro atoms. The van der Waals surface area contributed by atoms with E-state index in [1.54, 1.807) is 6.07 Å². The van der Waals surface area contributed by atoms with E-state index in [9.17, 15) is 4.79 Å². The van der Waals surface area contributed by atoms with Crippen molar-refractivity contribution in [3.63, 3.8) is 0 Å². The smallest absolute Gasteiger partial charge is 0.263 e. The summed E-state index contributed by atoms with van der Waals surface area (Å²) in [6.45, 7) is 2.52. The van der Waals surface area contributed by atoms with Crippen LogP contribution in [0.2, 0.25) is 5.02 Å². The maximum atomic E-state index is 12.5. The van der Waals surface area contributed by atoms with Gasteiger partial charge >= 0.3 is 0 Å². The molecule has 25 heavy (non-hydrogen) atoms. The predicted octanol–water partition coefficient (Wildman–Crippen LogP) is 4.80. The minimum Gasteiger partial charge on any atom is -0.397 e. The normalized spacial score (nSPS) is 11.0. The number of benzene rings is 1. The van der Waals surface area contributed by atoms with Gasteiger partial charge in [0.25, 0.3) is 5.91 Å². The van der Waals surface area contributed by atoms with E-state index in [-0.39, 0.29) is 5.91 Å². The van der Waals surface area contributed by atoms with Crippen molar-refractivity contribution >= 4 is 44.7 Å². The van der Waals surface area contributed by atoms with Crippen LogP contribution in [0.15, 0.2) is 36.4 Å². The van der Waals surface area contributed by atoms with Crippen LogP contribution in [0.5, 0.6) is 0 Å². The van der Waals surface area contributed by atoms with Gasteiger partial charge in [0.15, 0.2) is 0 Å². The molecule has 0 aliphatic carbocycles. The van der Waals surface area contributed by atoms with E-state index < -0.39 is 0 Å². The Kier molecular flexibility index (Phi) is 5.56. The molecule has 0 bridgehead atoms. The number of halogens is 1. The number of aryl methyl sites for hydroxylation is 1. The summed E-state index contributed by atoms with van der Waals surface area (Å²) in [6, 6.07) is 11.4. The summed E-state index contributed by atoms with van der Waals surface area (Å²) in [6.07, 6.45) is 3.17. The minimum absolute atomic E-state index is 0.199. The summed E-state index contributed by atoms with van der Waals surface area (Å²) >= 11 is 7.46. The topological polar surface area (TPSA) is 68.0 Å². The number of pyridine rings is 1. The average Bonchev–Trinajstić information content (AvgIpc) is 2.95. The molecule has 4 nitrogen and oxygen atoms in total. The fourth-order valence-electron chi connectivity index (χ4n) is 2.60. The summed E-state index contributed by atoms with van der Waals surface area (Å²) in [7, 11) is 0. The van der Waals surface area contributed by atoms with Crippen molar-refractivity contribution < 1.29 is 4.79 Å². The molecule has 1 aromatic carbocycles. The summed E-state index contributed by atoms with van der Waals surface area (Å²) in [4.78, 5) is 18.5. The molecule has 2 aromatic heterocycles. The van der Waals surface area contributed by atoms with E-state index in [2.05, 4.69) is 17.2 Å². The molecule has 0 atom stereocenters. The lowest BCUT2D eigenvalue weighted by Crippen LogP contribution is -2.22. The van der Waals surface area contributed by atoms with Gasteiger partial charge in [0.05, 0.1) is 5.69 Å². The van der Waals surface area contributed by atoms with Gasteiger partial charge in [0, 0.05) is 22.6 Å². The molecule has 0 fully saturated rings. The molecule has 3 N–H and O–H groups in total. The number of amides is 1. The number of unbranched alkanes of at least 4 members (excludes halogenated alkanes) is 1. The molecule has 3 rings (SSSR count). The Morgan fingerprint density at radius 1 is 1.28 bits per heavy atom. The highest BCUT2D eigenvalue weighted by atomic mass is 35.5. The number of anilines is 1. The van der Waals surface area contributed by atoms with Crippen LogP contribution >= 0.6 is 22.9 Å². The maximum Gasteiger partial charge on any atom is 0.263 e. The number of nitrogens with two attached hydrogens (primary N) is 1. The molecular formula is C19H20ClN3OS. The maximum absolute atomic E-state index is 12.5. The number of carbonyl (C=O) groups is 1. The monoisotopic (exact) mass is 373 g/mol. The van der Waals surface area contributed by atoms with Crippen molar-refractivity contribution in [2.75, 3.05) is 5.73 Å². The highest BCUT2D eigenvalue weighted by Gasteiger charge is 2.17. The van der Waals surface area contributed by atoms with E-state index in [0.717, 1.165) is 40.7 Å². The molecule has 130 valence electrons. The van der Waals surface area contributed by atoms with Gasteiger partial charge in [-0.25, -0.2) is 4.98 Å². The van der Waals surface area contributed by atoms with Gasteiger partial charge < -0.3 is 11.1 Å². The Bertz CT molecular complexity index is 907. The van der Waals surface area contributed by atoms with Crippen LogP contribution in [0.1, 0.15) is 40.7 Å². The molecular weight excluding hydrogens is 354 g/mol. The number of aromatic nitrogens is 1. The second-order valence-corrected chi connectivity index (χ2v) is 7.28. The predicted molar refractivity (Wildman–Crippen MR) is 105 cm³/mol. The summed E-state index contributed by atoms with van der Waals surface area (Å²) in [5.41, 5.74) is 8.58. The molecule has 2 heterocycles. The first-order chi connectivity index (χ1) is 12.1. The lowest BCUT2D eigenvalue weighted by Gasteiger charge is -2.06. The third kappa shape index (κ3) is 3.94. The number of hydrogen-bond donors (Lipinski definition) is 2. The zero-order valence-electron chi connectivity index (χ0n) is 14.0. The standard InChI is InChI=1S/C19H20ClN3OS/c1-2-3-7-13-9-10-14-16(21)17(25-19(14)23-13)18(24)22-11-12-6-4-5-8-15(12)20/h4-6,8-10H,2-3,7,11,21H2,1H3,(H,22,24). The van der Waals surface area contributed by atoms with Crippen LogP contribution in [0.3, 0.4) is 0 Å². The van der Waals surface area contributed by atoms with Crippen molar-refractivity contribution in [1.82, 2.24) is 10.3 Å². The quantitative estimate of drug-likeness (QED) is 0.651. The highest BCUT2D eigenvalue weighted by molar-refractivity contribution is 7.21. The number of hydrogen-bond acceptors (Lipinski definition) is 4.